The number of rotatable bonds is 4. The maximum absolute atomic E-state index is 5.54. The molecule has 0 amide bonds. The van der Waals surface area contributed by atoms with E-state index >= 15 is 0 Å². The lowest BCUT2D eigenvalue weighted by Gasteiger charge is -2.24. The van der Waals surface area contributed by atoms with Crippen molar-refractivity contribution >= 4 is 0 Å². The first kappa shape index (κ1) is 13.2. The Balaban J connectivity index is 1.93. The van der Waals surface area contributed by atoms with Gasteiger partial charge in [0.1, 0.15) is 5.69 Å². The Morgan fingerprint density at radius 3 is 2.95 bits per heavy atom. The van der Waals surface area contributed by atoms with E-state index in [0.29, 0.717) is 11.7 Å². The smallest absolute Gasteiger partial charge is 0.247 e. The molecule has 3 rings (SSSR count). The Labute approximate surface area is 118 Å². The molecule has 5 heteroatoms. The first-order valence-electron chi connectivity index (χ1n) is 7.27. The van der Waals surface area contributed by atoms with Gasteiger partial charge in [-0.05, 0) is 44.9 Å². The second-order valence-corrected chi connectivity index (χ2v) is 5.45. The number of nitrogens with one attached hydrogen (secondary N) is 1. The summed E-state index contributed by atoms with van der Waals surface area (Å²) in [5, 5.41) is 7.66. The number of nitrogens with zero attached hydrogens (tertiary/aromatic N) is 3. The lowest BCUT2D eigenvalue weighted by atomic mass is 9.92. The number of pyridine rings is 1. The summed E-state index contributed by atoms with van der Waals surface area (Å²) >= 11 is 0. The third-order valence-corrected chi connectivity index (χ3v) is 3.87. The third-order valence-electron chi connectivity index (χ3n) is 3.87. The van der Waals surface area contributed by atoms with Crippen LogP contribution < -0.4 is 5.32 Å². The molecule has 0 aromatic carbocycles. The average Bonchev–Trinajstić information content (AvgIpc) is 3.08. The van der Waals surface area contributed by atoms with Gasteiger partial charge in [0.2, 0.25) is 11.7 Å². The fraction of sp³-hybridized carbons (Fsp3) is 0.533. The summed E-state index contributed by atoms with van der Waals surface area (Å²) in [5.41, 5.74) is 1.59. The minimum atomic E-state index is -0.135. The summed E-state index contributed by atoms with van der Waals surface area (Å²) in [4.78, 5) is 9.04. The van der Waals surface area contributed by atoms with Crippen LogP contribution in [0.2, 0.25) is 0 Å². The molecular formula is C15H20N4O. The summed E-state index contributed by atoms with van der Waals surface area (Å²) in [6.07, 6.45) is 4.33. The number of hydrogen-bond donors (Lipinski definition) is 1. The topological polar surface area (TPSA) is 63.8 Å². The molecule has 1 fully saturated rings. The van der Waals surface area contributed by atoms with Crippen LogP contribution in [-0.2, 0) is 5.54 Å². The van der Waals surface area contributed by atoms with Crippen LogP contribution in [0.4, 0.5) is 0 Å². The van der Waals surface area contributed by atoms with E-state index < -0.39 is 0 Å². The predicted octanol–water partition coefficient (Wildman–Crippen LogP) is 2.82. The van der Waals surface area contributed by atoms with Crippen molar-refractivity contribution in [2.75, 3.05) is 6.54 Å². The summed E-state index contributed by atoms with van der Waals surface area (Å²) in [7, 11) is 0. The molecule has 1 unspecified atom stereocenters. The molecule has 0 aliphatic carbocycles. The van der Waals surface area contributed by atoms with Gasteiger partial charge < -0.3 is 9.84 Å². The van der Waals surface area contributed by atoms with Gasteiger partial charge in [0.25, 0.3) is 0 Å². The van der Waals surface area contributed by atoms with Crippen LogP contribution in [-0.4, -0.2) is 21.7 Å². The van der Waals surface area contributed by atoms with Gasteiger partial charge in [-0.2, -0.15) is 4.98 Å². The van der Waals surface area contributed by atoms with Crippen molar-refractivity contribution in [2.24, 2.45) is 0 Å². The highest BCUT2D eigenvalue weighted by Crippen LogP contribution is 2.34. The molecule has 1 atom stereocenters. The highest BCUT2D eigenvalue weighted by atomic mass is 16.5. The van der Waals surface area contributed by atoms with E-state index in [4.69, 9.17) is 4.52 Å². The maximum atomic E-state index is 5.54. The zero-order valence-electron chi connectivity index (χ0n) is 12.0. The second-order valence-electron chi connectivity index (χ2n) is 5.45. The Bertz CT molecular complexity index is 587. The molecule has 0 radical (unpaired) electrons. The van der Waals surface area contributed by atoms with E-state index in [2.05, 4.69) is 27.4 Å². The van der Waals surface area contributed by atoms with Crippen molar-refractivity contribution < 1.29 is 4.52 Å². The molecule has 1 N–H and O–H groups in total. The minimum absolute atomic E-state index is 0.135. The largest absolute Gasteiger partial charge is 0.337 e. The van der Waals surface area contributed by atoms with E-state index in [1.54, 1.807) is 0 Å². The van der Waals surface area contributed by atoms with Crippen molar-refractivity contribution in [2.45, 2.75) is 45.1 Å². The Morgan fingerprint density at radius 1 is 1.35 bits per heavy atom. The third kappa shape index (κ3) is 2.33. The molecule has 2 aromatic heterocycles. The normalized spacial score (nSPS) is 22.3. The summed E-state index contributed by atoms with van der Waals surface area (Å²) in [6.45, 7) is 5.16. The van der Waals surface area contributed by atoms with Gasteiger partial charge in [0, 0.05) is 5.69 Å². The second kappa shape index (κ2) is 5.32. The number of hydrogen-bond acceptors (Lipinski definition) is 5. The molecule has 106 valence electrons. The van der Waals surface area contributed by atoms with Gasteiger partial charge >= 0.3 is 0 Å². The van der Waals surface area contributed by atoms with E-state index in [1.165, 1.54) is 0 Å². The molecule has 5 nitrogen and oxygen atoms in total. The predicted molar refractivity (Wildman–Crippen MR) is 76.1 cm³/mol. The van der Waals surface area contributed by atoms with Crippen LogP contribution >= 0.6 is 0 Å². The molecule has 0 spiro atoms. The van der Waals surface area contributed by atoms with Crippen LogP contribution in [0.1, 0.15) is 44.2 Å². The molecule has 20 heavy (non-hydrogen) atoms. The lowest BCUT2D eigenvalue weighted by molar-refractivity contribution is 0.241. The fourth-order valence-electron chi connectivity index (χ4n) is 2.93. The number of aryl methyl sites for hydroxylation is 1. The SMILES string of the molecule is CCCC1(c2nc(-c3cccc(C)n3)no2)CCCN1. The molecule has 1 saturated heterocycles. The fourth-order valence-corrected chi connectivity index (χ4v) is 2.93. The van der Waals surface area contributed by atoms with E-state index in [9.17, 15) is 0 Å². The molecule has 0 bridgehead atoms. The van der Waals surface area contributed by atoms with Crippen LogP contribution in [0.15, 0.2) is 22.7 Å². The van der Waals surface area contributed by atoms with Crippen molar-refractivity contribution in [3.05, 3.63) is 29.8 Å². The molecule has 0 saturated carbocycles. The first-order chi connectivity index (χ1) is 9.73. The minimum Gasteiger partial charge on any atom is -0.337 e. The zero-order valence-corrected chi connectivity index (χ0v) is 12.0. The Morgan fingerprint density at radius 2 is 2.25 bits per heavy atom. The van der Waals surface area contributed by atoms with E-state index in [-0.39, 0.29) is 5.54 Å². The van der Waals surface area contributed by atoms with Gasteiger partial charge in [0.05, 0.1) is 5.54 Å². The van der Waals surface area contributed by atoms with Crippen LogP contribution in [0, 0.1) is 6.92 Å². The summed E-state index contributed by atoms with van der Waals surface area (Å²) < 4.78 is 5.54. The molecule has 2 aromatic rings. The quantitative estimate of drug-likeness (QED) is 0.927. The highest BCUT2D eigenvalue weighted by Gasteiger charge is 2.39. The molecular weight excluding hydrogens is 252 g/mol. The summed E-state index contributed by atoms with van der Waals surface area (Å²) in [5.74, 6) is 1.28. The van der Waals surface area contributed by atoms with Crippen LogP contribution in [0.3, 0.4) is 0 Å². The molecule has 1 aliphatic rings. The van der Waals surface area contributed by atoms with E-state index in [0.717, 1.165) is 43.6 Å². The van der Waals surface area contributed by atoms with Gasteiger partial charge in [-0.25, -0.2) is 4.98 Å². The van der Waals surface area contributed by atoms with E-state index in [1.807, 2.05) is 25.1 Å². The van der Waals surface area contributed by atoms with Crippen molar-refractivity contribution in [3.63, 3.8) is 0 Å². The van der Waals surface area contributed by atoms with Crippen LogP contribution in [0.25, 0.3) is 11.5 Å². The van der Waals surface area contributed by atoms with Gasteiger partial charge in [0.15, 0.2) is 0 Å². The highest BCUT2D eigenvalue weighted by molar-refractivity contribution is 5.48. The molecule has 1 aliphatic heterocycles. The Hall–Kier alpha value is -1.75. The average molecular weight is 272 g/mol. The van der Waals surface area contributed by atoms with Gasteiger partial charge in [-0.3, -0.25) is 0 Å². The zero-order chi connectivity index (χ0) is 14.0. The van der Waals surface area contributed by atoms with Crippen molar-refractivity contribution in [3.8, 4) is 11.5 Å². The molecule has 3 heterocycles. The first-order valence-corrected chi connectivity index (χ1v) is 7.27. The standard InChI is InChI=1S/C15H20N4O/c1-3-8-15(9-5-10-16-15)14-18-13(19-20-14)12-7-4-6-11(2)17-12/h4,6-7,16H,3,5,8-10H2,1-2H3. The maximum Gasteiger partial charge on any atom is 0.247 e. The van der Waals surface area contributed by atoms with Gasteiger partial charge in [-0.1, -0.05) is 24.6 Å². The van der Waals surface area contributed by atoms with Crippen LogP contribution in [0.5, 0.6) is 0 Å². The van der Waals surface area contributed by atoms with Crippen molar-refractivity contribution in [1.29, 1.82) is 0 Å². The monoisotopic (exact) mass is 272 g/mol. The number of aromatic nitrogens is 3. The van der Waals surface area contributed by atoms with Crippen molar-refractivity contribution in [1.82, 2.24) is 20.4 Å². The summed E-state index contributed by atoms with van der Waals surface area (Å²) in [6, 6.07) is 5.83. The lowest BCUT2D eigenvalue weighted by Crippen LogP contribution is -2.36. The Kier molecular flexibility index (Phi) is 3.53. The van der Waals surface area contributed by atoms with Gasteiger partial charge in [-0.15, -0.1) is 0 Å².